The largest absolute Gasteiger partial charge is 0.350 e. The van der Waals surface area contributed by atoms with Crippen LogP contribution in [0.2, 0.25) is 0 Å². The number of hydrogen-bond acceptors (Lipinski definition) is 4. The maximum absolute atomic E-state index is 13.3. The molecule has 0 atom stereocenters. The lowest BCUT2D eigenvalue weighted by Crippen LogP contribution is -2.48. The average Bonchev–Trinajstić information content (AvgIpc) is 3.00. The van der Waals surface area contributed by atoms with E-state index >= 15 is 0 Å². The number of rotatable bonds is 8. The van der Waals surface area contributed by atoms with Crippen molar-refractivity contribution in [2.24, 2.45) is 11.1 Å². The zero-order valence-corrected chi connectivity index (χ0v) is 14.8. The molecule has 0 saturated heterocycles. The van der Waals surface area contributed by atoms with Crippen LogP contribution in [-0.2, 0) is 11.2 Å². The molecule has 3 N–H and O–H groups in total. The third-order valence-electron chi connectivity index (χ3n) is 4.47. The van der Waals surface area contributed by atoms with Gasteiger partial charge in [0, 0.05) is 6.42 Å². The molecule has 0 aliphatic rings. The first kappa shape index (κ1) is 18.7. The molecule has 2 rings (SSSR count). The van der Waals surface area contributed by atoms with Crippen molar-refractivity contribution in [3.8, 4) is 0 Å². The highest BCUT2D eigenvalue weighted by molar-refractivity contribution is 7.18. The first-order chi connectivity index (χ1) is 11.4. The predicted octanol–water partition coefficient (Wildman–Crippen LogP) is 3.36. The summed E-state index contributed by atoms with van der Waals surface area (Å²) < 4.78 is 27.7. The zero-order chi connectivity index (χ0) is 17.8. The Bertz CT molecular complexity index is 665. The van der Waals surface area contributed by atoms with Gasteiger partial charge in [0.05, 0.1) is 33.7 Å². The van der Waals surface area contributed by atoms with Gasteiger partial charge < -0.3 is 11.1 Å². The van der Waals surface area contributed by atoms with Crippen molar-refractivity contribution in [1.29, 1.82) is 0 Å². The first-order valence-corrected chi connectivity index (χ1v) is 8.88. The van der Waals surface area contributed by atoms with E-state index in [2.05, 4.69) is 10.3 Å². The van der Waals surface area contributed by atoms with Crippen molar-refractivity contribution in [1.82, 2.24) is 10.3 Å². The Hall–Kier alpha value is -1.60. The minimum Gasteiger partial charge on any atom is -0.350 e. The number of aromatic nitrogens is 1. The normalized spacial score (nSPS) is 12.5. The lowest BCUT2D eigenvalue weighted by Gasteiger charge is -2.30. The Morgan fingerprint density at radius 3 is 2.54 bits per heavy atom. The minimum absolute atomic E-state index is 0.361. The Morgan fingerprint density at radius 1 is 1.29 bits per heavy atom. The molecule has 1 amide bonds. The number of thiazole rings is 1. The van der Waals surface area contributed by atoms with Gasteiger partial charge in [-0.3, -0.25) is 4.79 Å². The van der Waals surface area contributed by atoms with Gasteiger partial charge in [0.1, 0.15) is 0 Å². The van der Waals surface area contributed by atoms with Crippen molar-refractivity contribution in [3.63, 3.8) is 0 Å². The second kappa shape index (κ2) is 7.53. The number of nitrogens with zero attached hydrogens (tertiary/aromatic N) is 1. The molecule has 1 aromatic heterocycles. The minimum atomic E-state index is -3.08. The molecule has 0 saturated carbocycles. The molecule has 132 valence electrons. The van der Waals surface area contributed by atoms with E-state index in [9.17, 15) is 13.6 Å². The van der Waals surface area contributed by atoms with Crippen LogP contribution >= 0.6 is 11.3 Å². The fourth-order valence-corrected chi connectivity index (χ4v) is 3.77. The summed E-state index contributed by atoms with van der Waals surface area (Å²) in [5.74, 6) is -3.45. The van der Waals surface area contributed by atoms with Gasteiger partial charge in [0.2, 0.25) is 5.91 Å². The van der Waals surface area contributed by atoms with E-state index in [-0.39, 0.29) is 5.91 Å². The Labute approximate surface area is 144 Å². The molecule has 2 aromatic rings. The van der Waals surface area contributed by atoms with Gasteiger partial charge in [0.25, 0.3) is 5.92 Å². The maximum atomic E-state index is 13.3. The van der Waals surface area contributed by atoms with Crippen molar-refractivity contribution in [3.05, 3.63) is 29.3 Å². The molecule has 0 aliphatic heterocycles. The quantitative estimate of drug-likeness (QED) is 0.763. The number of para-hydroxylation sites is 1. The molecule has 24 heavy (non-hydrogen) atoms. The molecule has 0 spiro atoms. The van der Waals surface area contributed by atoms with E-state index < -0.39 is 24.4 Å². The fraction of sp³-hybridized carbons (Fsp3) is 0.529. The van der Waals surface area contributed by atoms with E-state index in [1.807, 2.05) is 38.1 Å². The van der Waals surface area contributed by atoms with Crippen molar-refractivity contribution in [2.45, 2.75) is 39.0 Å². The molecule has 1 heterocycles. The van der Waals surface area contributed by atoms with Crippen LogP contribution in [-0.4, -0.2) is 29.9 Å². The summed E-state index contributed by atoms with van der Waals surface area (Å²) in [6.07, 6.45) is 1.55. The van der Waals surface area contributed by atoms with Crippen LogP contribution in [0.5, 0.6) is 0 Å². The number of amides is 1. The van der Waals surface area contributed by atoms with Gasteiger partial charge in [-0.15, -0.1) is 11.3 Å². The number of carbonyl (C=O) groups excluding carboxylic acids is 1. The summed E-state index contributed by atoms with van der Waals surface area (Å²) in [5, 5.41) is 3.23. The fourth-order valence-electron chi connectivity index (χ4n) is 2.66. The van der Waals surface area contributed by atoms with Gasteiger partial charge in [-0.1, -0.05) is 26.0 Å². The smallest absolute Gasteiger partial charge is 0.277 e. The number of nitrogens with one attached hydrogen (secondary N) is 1. The predicted molar refractivity (Wildman–Crippen MR) is 93.4 cm³/mol. The Kier molecular flexibility index (Phi) is 5.87. The van der Waals surface area contributed by atoms with Crippen molar-refractivity contribution < 1.29 is 13.6 Å². The summed E-state index contributed by atoms with van der Waals surface area (Å²) >= 11 is 1.54. The monoisotopic (exact) mass is 355 g/mol. The van der Waals surface area contributed by atoms with Gasteiger partial charge in [-0.2, -0.15) is 0 Å². The van der Waals surface area contributed by atoms with Gasteiger partial charge in [0.15, 0.2) is 0 Å². The van der Waals surface area contributed by atoms with E-state index in [1.165, 1.54) is 0 Å². The average molecular weight is 355 g/mol. The number of halogens is 2. The number of carbonyl (C=O) groups is 1. The van der Waals surface area contributed by atoms with E-state index in [4.69, 9.17) is 5.73 Å². The molecule has 0 unspecified atom stereocenters. The Morgan fingerprint density at radius 2 is 1.96 bits per heavy atom. The molecule has 7 heteroatoms. The lowest BCUT2D eigenvalue weighted by molar-refractivity contribution is -0.133. The van der Waals surface area contributed by atoms with Crippen LogP contribution in [0.15, 0.2) is 24.3 Å². The molecule has 1 aromatic carbocycles. The molecule has 0 radical (unpaired) electrons. The molecule has 4 nitrogen and oxygen atoms in total. The maximum Gasteiger partial charge on any atom is 0.277 e. The number of benzene rings is 1. The number of hydrogen-bond donors (Lipinski definition) is 2. The number of nitrogens with two attached hydrogens (primary N) is 1. The van der Waals surface area contributed by atoms with Crippen LogP contribution in [0.3, 0.4) is 0 Å². The lowest BCUT2D eigenvalue weighted by atomic mass is 9.78. The highest BCUT2D eigenvalue weighted by Gasteiger charge is 2.38. The molecular weight excluding hydrogens is 332 g/mol. The van der Waals surface area contributed by atoms with Crippen molar-refractivity contribution in [2.75, 3.05) is 13.1 Å². The third kappa shape index (κ3) is 4.08. The molecule has 0 fully saturated rings. The zero-order valence-electron chi connectivity index (χ0n) is 13.9. The number of fused-ring (bicyclic) bond motifs is 1. The second-order valence-corrected chi connectivity index (χ2v) is 7.10. The number of alkyl halides is 2. The van der Waals surface area contributed by atoms with E-state index in [0.29, 0.717) is 19.3 Å². The Balaban J connectivity index is 2.18. The molecular formula is C17H23F2N3OS. The van der Waals surface area contributed by atoms with Crippen LogP contribution in [0.1, 0.15) is 31.7 Å². The van der Waals surface area contributed by atoms with Crippen LogP contribution in [0.25, 0.3) is 10.2 Å². The highest BCUT2D eigenvalue weighted by Crippen LogP contribution is 2.34. The summed E-state index contributed by atoms with van der Waals surface area (Å²) in [5.41, 5.74) is 5.18. The van der Waals surface area contributed by atoms with E-state index in [1.54, 1.807) is 11.3 Å². The molecule has 0 aliphatic carbocycles. The first-order valence-electron chi connectivity index (χ1n) is 8.06. The standard InChI is InChI=1S/C17H23F2N3OS/c1-3-16(4-2,15(23)21-11-17(18,19)10-20)9-14-22-12-7-5-6-8-13(12)24-14/h5-8H,3-4,9-11,20H2,1-2H3,(H,21,23). The SMILES string of the molecule is CCC(CC)(Cc1nc2ccccc2s1)C(=O)NCC(F)(F)CN. The summed E-state index contributed by atoms with van der Waals surface area (Å²) in [6, 6.07) is 7.77. The topological polar surface area (TPSA) is 68.0 Å². The van der Waals surface area contributed by atoms with Gasteiger partial charge in [-0.25, -0.2) is 13.8 Å². The highest BCUT2D eigenvalue weighted by atomic mass is 32.1. The van der Waals surface area contributed by atoms with Gasteiger partial charge >= 0.3 is 0 Å². The summed E-state index contributed by atoms with van der Waals surface area (Å²) in [4.78, 5) is 17.2. The van der Waals surface area contributed by atoms with Crippen molar-refractivity contribution >= 4 is 27.5 Å². The van der Waals surface area contributed by atoms with E-state index in [0.717, 1.165) is 15.2 Å². The third-order valence-corrected chi connectivity index (χ3v) is 5.51. The van der Waals surface area contributed by atoms with Crippen LogP contribution < -0.4 is 11.1 Å². The summed E-state index contributed by atoms with van der Waals surface area (Å²) in [6.45, 7) is 2.29. The van der Waals surface area contributed by atoms with Crippen LogP contribution in [0.4, 0.5) is 8.78 Å². The second-order valence-electron chi connectivity index (χ2n) is 5.98. The summed E-state index contributed by atoms with van der Waals surface area (Å²) in [7, 11) is 0. The molecule has 0 bridgehead atoms. The van der Waals surface area contributed by atoms with Crippen LogP contribution in [0, 0.1) is 5.41 Å². The van der Waals surface area contributed by atoms with Gasteiger partial charge in [-0.05, 0) is 25.0 Å².